The molecule has 0 unspecified atom stereocenters. The molecule has 6 nitrogen and oxygen atoms in total. The number of aromatic nitrogens is 3. The van der Waals surface area contributed by atoms with Crippen LogP contribution < -0.4 is 4.74 Å². The van der Waals surface area contributed by atoms with Gasteiger partial charge in [-0.2, -0.15) is 0 Å². The summed E-state index contributed by atoms with van der Waals surface area (Å²) in [4.78, 5) is 11.3. The van der Waals surface area contributed by atoms with E-state index in [-0.39, 0.29) is 5.69 Å². The molecule has 1 heterocycles. The quantitative estimate of drug-likeness (QED) is 0.883. The second-order valence-corrected chi connectivity index (χ2v) is 5.17. The lowest BCUT2D eigenvalue weighted by Gasteiger charge is -2.08. The predicted molar refractivity (Wildman–Crippen MR) is 76.3 cm³/mol. The molecule has 1 aromatic heterocycles. The number of nitrogens with zero attached hydrogens (tertiary/aromatic N) is 3. The summed E-state index contributed by atoms with van der Waals surface area (Å²) in [5, 5.41) is 17.1. The first-order valence-corrected chi connectivity index (χ1v) is 7.09. The average molecular weight is 287 g/mol. The summed E-state index contributed by atoms with van der Waals surface area (Å²) in [6, 6.07) is 7.36. The molecular weight excluding hydrogens is 270 g/mol. The van der Waals surface area contributed by atoms with Crippen molar-refractivity contribution in [2.24, 2.45) is 5.92 Å². The highest BCUT2D eigenvalue weighted by Gasteiger charge is 2.27. The van der Waals surface area contributed by atoms with Crippen LogP contribution >= 0.6 is 0 Å². The van der Waals surface area contributed by atoms with E-state index < -0.39 is 5.97 Å². The molecule has 0 atom stereocenters. The molecule has 1 aliphatic carbocycles. The topological polar surface area (TPSA) is 77.2 Å². The van der Waals surface area contributed by atoms with Crippen molar-refractivity contribution in [3.63, 3.8) is 0 Å². The van der Waals surface area contributed by atoms with Gasteiger partial charge in [0.2, 0.25) is 0 Å². The normalized spacial score (nSPS) is 14.1. The number of carbonyl (C=O) groups is 1. The lowest BCUT2D eigenvalue weighted by molar-refractivity contribution is 0.0691. The third kappa shape index (κ3) is 2.89. The molecule has 1 aromatic carbocycles. The van der Waals surface area contributed by atoms with Crippen LogP contribution in [0.3, 0.4) is 0 Å². The number of hydrogen-bond acceptors (Lipinski definition) is 4. The molecule has 0 saturated heterocycles. The van der Waals surface area contributed by atoms with Crippen LogP contribution in [0.15, 0.2) is 24.3 Å². The first-order valence-electron chi connectivity index (χ1n) is 7.09. The van der Waals surface area contributed by atoms with E-state index in [4.69, 9.17) is 4.74 Å². The van der Waals surface area contributed by atoms with E-state index in [1.165, 1.54) is 12.8 Å². The largest absolute Gasteiger partial charge is 0.494 e. The highest BCUT2D eigenvalue weighted by atomic mass is 16.5. The van der Waals surface area contributed by atoms with E-state index in [1.807, 2.05) is 31.2 Å². The van der Waals surface area contributed by atoms with E-state index in [2.05, 4.69) is 10.3 Å². The standard InChI is InChI=1S/C15H17N3O3/c1-2-21-12-7-5-11(6-8-12)14-13(15(19)20)16-17-18(14)9-10-3-4-10/h5-8,10H,2-4,9H2,1H3,(H,19,20). The van der Waals surface area contributed by atoms with Crippen LogP contribution in [-0.2, 0) is 6.54 Å². The Morgan fingerprint density at radius 2 is 2.10 bits per heavy atom. The van der Waals surface area contributed by atoms with Crippen LogP contribution in [0.4, 0.5) is 0 Å². The summed E-state index contributed by atoms with van der Waals surface area (Å²) in [6.45, 7) is 3.24. The van der Waals surface area contributed by atoms with Crippen LogP contribution in [0.5, 0.6) is 5.75 Å². The number of carboxylic acids is 1. The Kier molecular flexibility index (Phi) is 3.60. The van der Waals surface area contributed by atoms with Crippen molar-refractivity contribution in [1.29, 1.82) is 0 Å². The number of carboxylic acid groups (broad SMARTS) is 1. The molecule has 110 valence electrons. The molecule has 0 radical (unpaired) electrons. The fourth-order valence-electron chi connectivity index (χ4n) is 2.29. The Morgan fingerprint density at radius 1 is 1.38 bits per heavy atom. The average Bonchev–Trinajstić information content (AvgIpc) is 3.18. The van der Waals surface area contributed by atoms with E-state index >= 15 is 0 Å². The summed E-state index contributed by atoms with van der Waals surface area (Å²) < 4.78 is 7.11. The van der Waals surface area contributed by atoms with E-state index in [0.717, 1.165) is 17.9 Å². The van der Waals surface area contributed by atoms with Gasteiger partial charge in [-0.25, -0.2) is 9.48 Å². The molecule has 0 amide bonds. The van der Waals surface area contributed by atoms with Crippen molar-refractivity contribution in [1.82, 2.24) is 15.0 Å². The Bertz CT molecular complexity index is 645. The number of hydrogen-bond donors (Lipinski definition) is 1. The van der Waals surface area contributed by atoms with Gasteiger partial charge in [0.05, 0.1) is 6.61 Å². The smallest absolute Gasteiger partial charge is 0.358 e. The van der Waals surface area contributed by atoms with Crippen molar-refractivity contribution >= 4 is 5.97 Å². The fraction of sp³-hybridized carbons (Fsp3) is 0.400. The molecule has 2 aromatic rings. The van der Waals surface area contributed by atoms with Gasteiger partial charge in [-0.1, -0.05) is 5.21 Å². The van der Waals surface area contributed by atoms with Gasteiger partial charge < -0.3 is 9.84 Å². The number of ether oxygens (including phenoxy) is 1. The Morgan fingerprint density at radius 3 is 2.67 bits per heavy atom. The minimum absolute atomic E-state index is 0.000176. The van der Waals surface area contributed by atoms with Crippen LogP contribution in [0, 0.1) is 5.92 Å². The van der Waals surface area contributed by atoms with E-state index in [9.17, 15) is 9.90 Å². The van der Waals surface area contributed by atoms with Crippen molar-refractivity contribution in [3.8, 4) is 17.0 Å². The Hall–Kier alpha value is -2.37. The Labute approximate surface area is 122 Å². The Balaban J connectivity index is 1.97. The fourth-order valence-corrected chi connectivity index (χ4v) is 2.29. The highest BCUT2D eigenvalue weighted by Crippen LogP contribution is 2.33. The summed E-state index contributed by atoms with van der Waals surface area (Å²) >= 11 is 0. The molecule has 6 heteroatoms. The summed E-state index contributed by atoms with van der Waals surface area (Å²) in [5.74, 6) is 0.301. The van der Waals surface area contributed by atoms with Crippen molar-refractivity contribution in [2.75, 3.05) is 6.61 Å². The second-order valence-electron chi connectivity index (χ2n) is 5.17. The summed E-state index contributed by atoms with van der Waals surface area (Å²) in [6.07, 6.45) is 2.34. The maximum Gasteiger partial charge on any atom is 0.358 e. The molecule has 1 fully saturated rings. The zero-order valence-corrected chi connectivity index (χ0v) is 11.8. The molecule has 3 rings (SSSR count). The van der Waals surface area contributed by atoms with Gasteiger partial charge in [0.25, 0.3) is 0 Å². The number of benzene rings is 1. The molecule has 1 N–H and O–H groups in total. The molecule has 1 saturated carbocycles. The maximum absolute atomic E-state index is 11.3. The molecular formula is C15H17N3O3. The van der Waals surface area contributed by atoms with Gasteiger partial charge in [0.1, 0.15) is 11.4 Å². The van der Waals surface area contributed by atoms with Crippen LogP contribution in [0.25, 0.3) is 11.3 Å². The SMILES string of the molecule is CCOc1ccc(-c2c(C(=O)O)nnn2CC2CC2)cc1. The minimum atomic E-state index is -1.05. The lowest BCUT2D eigenvalue weighted by Crippen LogP contribution is -2.06. The van der Waals surface area contributed by atoms with Gasteiger partial charge in [-0.05, 0) is 49.9 Å². The second kappa shape index (κ2) is 5.55. The zero-order chi connectivity index (χ0) is 14.8. The highest BCUT2D eigenvalue weighted by molar-refractivity contribution is 5.92. The number of rotatable bonds is 6. The van der Waals surface area contributed by atoms with Gasteiger partial charge >= 0.3 is 5.97 Å². The first-order chi connectivity index (χ1) is 10.2. The monoisotopic (exact) mass is 287 g/mol. The zero-order valence-electron chi connectivity index (χ0n) is 11.8. The third-order valence-electron chi connectivity index (χ3n) is 3.50. The van der Waals surface area contributed by atoms with Gasteiger partial charge in [-0.15, -0.1) is 5.10 Å². The van der Waals surface area contributed by atoms with E-state index in [0.29, 0.717) is 18.2 Å². The molecule has 0 spiro atoms. The van der Waals surface area contributed by atoms with E-state index in [1.54, 1.807) is 4.68 Å². The molecule has 0 bridgehead atoms. The molecule has 21 heavy (non-hydrogen) atoms. The van der Waals surface area contributed by atoms with Crippen LogP contribution in [0.2, 0.25) is 0 Å². The third-order valence-corrected chi connectivity index (χ3v) is 3.50. The van der Waals surface area contributed by atoms with Gasteiger partial charge in [-0.3, -0.25) is 0 Å². The van der Waals surface area contributed by atoms with Crippen LogP contribution in [-0.4, -0.2) is 32.7 Å². The maximum atomic E-state index is 11.3. The van der Waals surface area contributed by atoms with Crippen molar-refractivity contribution in [2.45, 2.75) is 26.3 Å². The number of aromatic carboxylic acids is 1. The lowest BCUT2D eigenvalue weighted by atomic mass is 10.1. The first kappa shape index (κ1) is 13.6. The molecule has 0 aliphatic heterocycles. The predicted octanol–water partition coefficient (Wildman–Crippen LogP) is 2.45. The van der Waals surface area contributed by atoms with Crippen molar-refractivity contribution < 1.29 is 14.6 Å². The molecule has 1 aliphatic rings. The van der Waals surface area contributed by atoms with Gasteiger partial charge in [0, 0.05) is 12.1 Å². The van der Waals surface area contributed by atoms with Crippen LogP contribution in [0.1, 0.15) is 30.3 Å². The summed E-state index contributed by atoms with van der Waals surface area (Å²) in [7, 11) is 0. The summed E-state index contributed by atoms with van der Waals surface area (Å²) in [5.41, 5.74) is 1.36. The van der Waals surface area contributed by atoms with Crippen molar-refractivity contribution in [3.05, 3.63) is 30.0 Å². The van der Waals surface area contributed by atoms with Gasteiger partial charge in [0.15, 0.2) is 5.69 Å². The minimum Gasteiger partial charge on any atom is -0.494 e.